The van der Waals surface area contributed by atoms with E-state index in [4.69, 9.17) is 4.43 Å². The molecule has 0 saturated heterocycles. The fraction of sp³-hybridized carbons (Fsp3) is 0.308. The molecule has 1 aromatic rings. The number of aliphatic imine (C=N–C) groups is 1. The second-order valence-electron chi connectivity index (χ2n) is 4.99. The molecule has 0 heterocycles. The SMILES string of the molecule is C=C(N=Cc1cc(F)c(F)cc1C)O[Si](C)(C)C. The molecule has 18 heavy (non-hydrogen) atoms. The molecule has 0 bridgehead atoms. The largest absolute Gasteiger partial charge is 0.532 e. The topological polar surface area (TPSA) is 21.6 Å². The fourth-order valence-corrected chi connectivity index (χ4v) is 2.08. The summed E-state index contributed by atoms with van der Waals surface area (Å²) in [6.45, 7) is 11.4. The molecular formula is C13H17F2NOSi. The molecule has 0 amide bonds. The summed E-state index contributed by atoms with van der Waals surface area (Å²) in [7, 11) is -1.74. The zero-order valence-corrected chi connectivity index (χ0v) is 12.1. The normalized spacial score (nSPS) is 11.9. The van der Waals surface area contributed by atoms with Crippen LogP contribution in [0, 0.1) is 18.6 Å². The van der Waals surface area contributed by atoms with E-state index >= 15 is 0 Å². The third-order valence-corrected chi connectivity index (χ3v) is 2.93. The second kappa shape index (κ2) is 5.43. The van der Waals surface area contributed by atoms with Gasteiger partial charge in [0.2, 0.25) is 8.32 Å². The van der Waals surface area contributed by atoms with Crippen molar-refractivity contribution in [2.75, 3.05) is 0 Å². The number of hydrogen-bond donors (Lipinski definition) is 0. The van der Waals surface area contributed by atoms with Crippen molar-refractivity contribution in [1.29, 1.82) is 0 Å². The number of nitrogens with zero attached hydrogens (tertiary/aromatic N) is 1. The maximum Gasteiger partial charge on any atom is 0.244 e. The Balaban J connectivity index is 2.85. The molecule has 0 radical (unpaired) electrons. The van der Waals surface area contributed by atoms with E-state index in [1.54, 1.807) is 6.92 Å². The maximum absolute atomic E-state index is 13.1. The number of rotatable bonds is 4. The molecule has 0 aliphatic rings. The Bertz CT molecular complexity index is 492. The quantitative estimate of drug-likeness (QED) is 0.459. The Morgan fingerprint density at radius 1 is 1.28 bits per heavy atom. The summed E-state index contributed by atoms with van der Waals surface area (Å²) in [6.07, 6.45) is 1.43. The maximum atomic E-state index is 13.1. The van der Waals surface area contributed by atoms with Gasteiger partial charge >= 0.3 is 0 Å². The van der Waals surface area contributed by atoms with Gasteiger partial charge in [0, 0.05) is 6.21 Å². The standard InChI is InChI=1S/C13H17F2NOSi/c1-9-6-12(14)13(15)7-11(9)8-16-10(2)17-18(3,4)5/h6-8H,2H2,1,3-5H3. The fourth-order valence-electron chi connectivity index (χ4n) is 1.32. The lowest BCUT2D eigenvalue weighted by atomic mass is 10.1. The van der Waals surface area contributed by atoms with Crippen molar-refractivity contribution in [3.05, 3.63) is 47.4 Å². The summed E-state index contributed by atoms with van der Waals surface area (Å²) < 4.78 is 31.5. The van der Waals surface area contributed by atoms with Crippen LogP contribution in [0.2, 0.25) is 19.6 Å². The lowest BCUT2D eigenvalue weighted by Crippen LogP contribution is -2.24. The minimum atomic E-state index is -1.74. The molecule has 98 valence electrons. The van der Waals surface area contributed by atoms with Crippen LogP contribution in [0.25, 0.3) is 0 Å². The third-order valence-electron chi connectivity index (χ3n) is 2.08. The molecule has 5 heteroatoms. The highest BCUT2D eigenvalue weighted by atomic mass is 28.4. The molecule has 0 aliphatic heterocycles. The molecule has 0 spiro atoms. The van der Waals surface area contributed by atoms with Crippen molar-refractivity contribution in [3.8, 4) is 0 Å². The molecule has 1 rings (SSSR count). The summed E-state index contributed by atoms with van der Waals surface area (Å²) in [4.78, 5) is 4.02. The highest BCUT2D eigenvalue weighted by Crippen LogP contribution is 2.14. The van der Waals surface area contributed by atoms with Crippen molar-refractivity contribution in [3.63, 3.8) is 0 Å². The highest BCUT2D eigenvalue weighted by molar-refractivity contribution is 6.70. The molecule has 0 saturated carbocycles. The van der Waals surface area contributed by atoms with E-state index in [0.717, 1.165) is 12.1 Å². The van der Waals surface area contributed by atoms with Crippen LogP contribution in [0.5, 0.6) is 0 Å². The summed E-state index contributed by atoms with van der Waals surface area (Å²) in [5.74, 6) is -1.46. The van der Waals surface area contributed by atoms with Gasteiger partial charge < -0.3 is 4.43 Å². The lowest BCUT2D eigenvalue weighted by molar-refractivity contribution is 0.421. The van der Waals surface area contributed by atoms with Gasteiger partial charge in [0.05, 0.1) is 0 Å². The van der Waals surface area contributed by atoms with Gasteiger partial charge in [-0.2, -0.15) is 0 Å². The zero-order chi connectivity index (χ0) is 13.9. The van der Waals surface area contributed by atoms with Crippen LogP contribution < -0.4 is 0 Å². The first-order valence-electron chi connectivity index (χ1n) is 5.56. The van der Waals surface area contributed by atoms with Gasteiger partial charge in [-0.3, -0.25) is 0 Å². The van der Waals surface area contributed by atoms with Crippen LogP contribution in [-0.4, -0.2) is 14.5 Å². The highest BCUT2D eigenvalue weighted by Gasteiger charge is 2.16. The molecule has 0 aromatic heterocycles. The Hall–Kier alpha value is -1.49. The summed E-state index contributed by atoms with van der Waals surface area (Å²) >= 11 is 0. The Morgan fingerprint density at radius 3 is 2.39 bits per heavy atom. The van der Waals surface area contributed by atoms with E-state index < -0.39 is 20.0 Å². The van der Waals surface area contributed by atoms with E-state index in [0.29, 0.717) is 17.0 Å². The van der Waals surface area contributed by atoms with Crippen LogP contribution in [-0.2, 0) is 4.43 Å². The van der Waals surface area contributed by atoms with Gasteiger partial charge in [0.15, 0.2) is 17.5 Å². The average molecular weight is 269 g/mol. The minimum Gasteiger partial charge on any atom is -0.532 e. The molecule has 1 aromatic carbocycles. The third kappa shape index (κ3) is 4.41. The van der Waals surface area contributed by atoms with E-state index in [1.165, 1.54) is 6.21 Å². The Labute approximate surface area is 107 Å². The van der Waals surface area contributed by atoms with Crippen LogP contribution in [0.4, 0.5) is 8.78 Å². The van der Waals surface area contributed by atoms with Crippen molar-refractivity contribution < 1.29 is 13.2 Å². The smallest absolute Gasteiger partial charge is 0.244 e. The average Bonchev–Trinajstić information content (AvgIpc) is 2.19. The van der Waals surface area contributed by atoms with E-state index in [-0.39, 0.29) is 0 Å². The Kier molecular flexibility index (Phi) is 4.40. The summed E-state index contributed by atoms with van der Waals surface area (Å²) in [5.41, 5.74) is 1.12. The predicted octanol–water partition coefficient (Wildman–Crippen LogP) is 4.01. The molecule has 0 N–H and O–H groups in total. The lowest BCUT2D eigenvalue weighted by Gasteiger charge is -2.18. The van der Waals surface area contributed by atoms with Gasteiger partial charge in [-0.1, -0.05) is 0 Å². The number of benzene rings is 1. The summed E-state index contributed by atoms with van der Waals surface area (Å²) in [5, 5.41) is 0. The van der Waals surface area contributed by atoms with Gasteiger partial charge in [-0.15, -0.1) is 0 Å². The first-order valence-corrected chi connectivity index (χ1v) is 8.97. The molecule has 0 fully saturated rings. The molecule has 2 nitrogen and oxygen atoms in total. The van der Waals surface area contributed by atoms with Crippen LogP contribution >= 0.6 is 0 Å². The molecular weight excluding hydrogens is 252 g/mol. The molecule has 0 unspecified atom stereocenters. The van der Waals surface area contributed by atoms with Crippen molar-refractivity contribution in [2.45, 2.75) is 26.6 Å². The van der Waals surface area contributed by atoms with Crippen molar-refractivity contribution >= 4 is 14.5 Å². The van der Waals surface area contributed by atoms with Crippen LogP contribution in [0.15, 0.2) is 29.6 Å². The van der Waals surface area contributed by atoms with Crippen molar-refractivity contribution in [1.82, 2.24) is 0 Å². The first-order chi connectivity index (χ1) is 8.19. The van der Waals surface area contributed by atoms with Gasteiger partial charge in [-0.25, -0.2) is 13.8 Å². The molecule has 0 atom stereocenters. The number of hydrogen-bond acceptors (Lipinski definition) is 2. The Morgan fingerprint density at radius 2 is 1.83 bits per heavy atom. The zero-order valence-electron chi connectivity index (χ0n) is 11.1. The van der Waals surface area contributed by atoms with Gasteiger partial charge in [0.25, 0.3) is 0 Å². The summed E-state index contributed by atoms with van der Waals surface area (Å²) in [6, 6.07) is 2.24. The van der Waals surface area contributed by atoms with Gasteiger partial charge in [0.1, 0.15) is 0 Å². The first kappa shape index (κ1) is 14.6. The van der Waals surface area contributed by atoms with E-state index in [1.807, 2.05) is 19.6 Å². The van der Waals surface area contributed by atoms with Gasteiger partial charge in [-0.05, 0) is 56.4 Å². The number of halogens is 2. The van der Waals surface area contributed by atoms with Crippen LogP contribution in [0.3, 0.4) is 0 Å². The monoisotopic (exact) mass is 269 g/mol. The second-order valence-corrected chi connectivity index (χ2v) is 9.42. The van der Waals surface area contributed by atoms with E-state index in [9.17, 15) is 8.78 Å². The van der Waals surface area contributed by atoms with Crippen molar-refractivity contribution in [2.24, 2.45) is 4.99 Å². The van der Waals surface area contributed by atoms with E-state index in [2.05, 4.69) is 11.6 Å². The van der Waals surface area contributed by atoms with Crippen LogP contribution in [0.1, 0.15) is 11.1 Å². The predicted molar refractivity (Wildman–Crippen MR) is 72.3 cm³/mol. The minimum absolute atomic E-state index is 0.290. The molecule has 0 aliphatic carbocycles. The number of aryl methyl sites for hydroxylation is 1.